The van der Waals surface area contributed by atoms with E-state index in [1.807, 2.05) is 27.0 Å². The molecule has 4 atom stereocenters. The molecule has 0 radical (unpaired) electrons. The van der Waals surface area contributed by atoms with Gasteiger partial charge in [0.15, 0.2) is 0 Å². The molecule has 0 aromatic heterocycles. The van der Waals surface area contributed by atoms with Crippen LogP contribution < -0.4 is 21.7 Å². The Labute approximate surface area is 177 Å². The van der Waals surface area contributed by atoms with Crippen LogP contribution in [0, 0.1) is 11.8 Å². The summed E-state index contributed by atoms with van der Waals surface area (Å²) in [5.74, 6) is -1.97. The molecule has 3 amide bonds. The molecule has 0 aromatic rings. The van der Waals surface area contributed by atoms with Crippen LogP contribution in [-0.2, 0) is 19.2 Å². The highest BCUT2D eigenvalue weighted by Crippen LogP contribution is 2.10. The van der Waals surface area contributed by atoms with Crippen LogP contribution in [0.1, 0.15) is 47.0 Å². The van der Waals surface area contributed by atoms with Gasteiger partial charge < -0.3 is 26.8 Å². The Hall–Kier alpha value is -1.81. The number of carboxylic acids is 1. The van der Waals surface area contributed by atoms with Gasteiger partial charge in [-0.1, -0.05) is 34.1 Å². The second-order valence-corrected chi connectivity index (χ2v) is 8.55. The average molecular weight is 433 g/mol. The Morgan fingerprint density at radius 2 is 1.66 bits per heavy atom. The highest BCUT2D eigenvalue weighted by Gasteiger charge is 2.30. The lowest BCUT2D eigenvalue weighted by molar-refractivity contribution is -0.139. The maximum absolute atomic E-state index is 12.8. The number of hydrogen-bond acceptors (Lipinski definition) is 6. The summed E-state index contributed by atoms with van der Waals surface area (Å²) in [5.41, 5.74) is 5.91. The lowest BCUT2D eigenvalue weighted by atomic mass is 9.97. The van der Waals surface area contributed by atoms with Crippen molar-refractivity contribution in [2.24, 2.45) is 17.6 Å². The van der Waals surface area contributed by atoms with E-state index in [1.165, 1.54) is 11.8 Å². The normalized spacial score (nSPS) is 15.1. The highest BCUT2D eigenvalue weighted by molar-refractivity contribution is 7.98. The molecule has 10 heteroatoms. The van der Waals surface area contributed by atoms with Gasteiger partial charge >= 0.3 is 5.97 Å². The molecule has 0 aliphatic rings. The van der Waals surface area contributed by atoms with Crippen LogP contribution in [0.3, 0.4) is 0 Å². The smallest absolute Gasteiger partial charge is 0.322 e. The van der Waals surface area contributed by atoms with Crippen molar-refractivity contribution < 1.29 is 24.3 Å². The molecule has 0 aliphatic heterocycles. The van der Waals surface area contributed by atoms with Crippen LogP contribution in [0.2, 0.25) is 0 Å². The number of carbonyl (C=O) groups excluding carboxylic acids is 3. The Kier molecular flexibility index (Phi) is 13.3. The van der Waals surface area contributed by atoms with E-state index in [0.29, 0.717) is 25.0 Å². The number of nitrogens with one attached hydrogen (secondary N) is 3. The molecule has 29 heavy (non-hydrogen) atoms. The van der Waals surface area contributed by atoms with Crippen molar-refractivity contribution >= 4 is 35.5 Å². The molecule has 0 spiro atoms. The fourth-order valence-electron chi connectivity index (χ4n) is 2.63. The van der Waals surface area contributed by atoms with Gasteiger partial charge in [-0.15, -0.1) is 0 Å². The standard InChI is InChI=1S/C19H36N4O5S/c1-6-12(4)16(19(28)21-10-15(24)25)23-18(27)14(7-8-29-5)22-17(26)13(20)9-11(2)3/h11-14,16H,6-10,20H2,1-5H3,(H,21,28)(H,22,26)(H,23,27)(H,24,25). The number of thioether (sulfide) groups is 1. The van der Waals surface area contributed by atoms with Gasteiger partial charge in [-0.2, -0.15) is 11.8 Å². The first-order valence-electron chi connectivity index (χ1n) is 9.88. The maximum Gasteiger partial charge on any atom is 0.322 e. The topological polar surface area (TPSA) is 151 Å². The number of amides is 3. The van der Waals surface area contributed by atoms with Gasteiger partial charge in [0.2, 0.25) is 17.7 Å². The number of hydrogen-bond donors (Lipinski definition) is 5. The summed E-state index contributed by atoms with van der Waals surface area (Å²) >= 11 is 1.53. The van der Waals surface area contributed by atoms with Crippen molar-refractivity contribution in [1.29, 1.82) is 0 Å². The van der Waals surface area contributed by atoms with Crippen molar-refractivity contribution in [3.05, 3.63) is 0 Å². The van der Waals surface area contributed by atoms with Crippen molar-refractivity contribution in [1.82, 2.24) is 16.0 Å². The molecule has 0 saturated carbocycles. The third-order valence-corrected chi connectivity index (χ3v) is 5.16. The molecule has 4 unspecified atom stereocenters. The van der Waals surface area contributed by atoms with E-state index in [1.54, 1.807) is 6.92 Å². The van der Waals surface area contributed by atoms with Crippen LogP contribution in [0.15, 0.2) is 0 Å². The zero-order chi connectivity index (χ0) is 22.6. The van der Waals surface area contributed by atoms with Gasteiger partial charge in [-0.25, -0.2) is 0 Å². The van der Waals surface area contributed by atoms with Gasteiger partial charge in [-0.3, -0.25) is 19.2 Å². The predicted molar refractivity (Wildman–Crippen MR) is 114 cm³/mol. The summed E-state index contributed by atoms with van der Waals surface area (Å²) in [5, 5.41) is 16.4. The van der Waals surface area contributed by atoms with E-state index in [9.17, 15) is 19.2 Å². The quantitative estimate of drug-likeness (QED) is 0.265. The molecule has 0 bridgehead atoms. The van der Waals surface area contributed by atoms with Crippen molar-refractivity contribution in [2.75, 3.05) is 18.6 Å². The van der Waals surface area contributed by atoms with Crippen LogP contribution >= 0.6 is 11.8 Å². The molecule has 0 heterocycles. The molecule has 168 valence electrons. The van der Waals surface area contributed by atoms with E-state index < -0.39 is 48.4 Å². The summed E-state index contributed by atoms with van der Waals surface area (Å²) in [6.07, 6.45) is 3.38. The number of nitrogens with two attached hydrogens (primary N) is 1. The fourth-order valence-corrected chi connectivity index (χ4v) is 3.10. The highest BCUT2D eigenvalue weighted by atomic mass is 32.2. The van der Waals surface area contributed by atoms with Crippen LogP contribution in [0.5, 0.6) is 0 Å². The van der Waals surface area contributed by atoms with Crippen LogP contribution in [-0.4, -0.2) is 65.5 Å². The van der Waals surface area contributed by atoms with Gasteiger partial charge in [0.05, 0.1) is 6.04 Å². The van der Waals surface area contributed by atoms with E-state index >= 15 is 0 Å². The molecule has 0 saturated heterocycles. The fraction of sp³-hybridized carbons (Fsp3) is 0.789. The van der Waals surface area contributed by atoms with Crippen molar-refractivity contribution in [2.45, 2.75) is 65.1 Å². The average Bonchev–Trinajstić information content (AvgIpc) is 2.65. The first-order valence-corrected chi connectivity index (χ1v) is 11.3. The summed E-state index contributed by atoms with van der Waals surface area (Å²) in [4.78, 5) is 48.3. The minimum Gasteiger partial charge on any atom is -0.480 e. The van der Waals surface area contributed by atoms with Gasteiger partial charge in [-0.05, 0) is 36.7 Å². The molecule has 0 aromatic carbocycles. The largest absolute Gasteiger partial charge is 0.480 e. The lowest BCUT2D eigenvalue weighted by Crippen LogP contribution is -2.57. The Morgan fingerprint density at radius 1 is 1.03 bits per heavy atom. The SMILES string of the molecule is CCC(C)C(NC(=O)C(CCSC)NC(=O)C(N)CC(C)C)C(=O)NCC(=O)O. The van der Waals surface area contributed by atoms with Gasteiger partial charge in [0.1, 0.15) is 18.6 Å². The molecule has 0 aliphatic carbocycles. The van der Waals surface area contributed by atoms with E-state index in [0.717, 1.165) is 0 Å². The monoisotopic (exact) mass is 432 g/mol. The van der Waals surface area contributed by atoms with E-state index in [2.05, 4.69) is 16.0 Å². The molecular formula is C19H36N4O5S. The summed E-state index contributed by atoms with van der Waals surface area (Å²) in [6, 6.07) is -2.44. The number of carboxylic acid groups (broad SMARTS) is 1. The third-order valence-electron chi connectivity index (χ3n) is 4.51. The molecule has 0 rings (SSSR count). The second-order valence-electron chi connectivity index (χ2n) is 7.56. The first-order chi connectivity index (χ1) is 13.5. The third kappa shape index (κ3) is 11.1. The van der Waals surface area contributed by atoms with Gasteiger partial charge in [0.25, 0.3) is 0 Å². The Balaban J connectivity index is 5.23. The first kappa shape index (κ1) is 27.2. The number of aliphatic carboxylic acids is 1. The summed E-state index contributed by atoms with van der Waals surface area (Å²) in [6.45, 7) is 7.04. The zero-order valence-corrected chi connectivity index (χ0v) is 18.8. The zero-order valence-electron chi connectivity index (χ0n) is 18.0. The summed E-state index contributed by atoms with van der Waals surface area (Å²) in [7, 11) is 0. The van der Waals surface area contributed by atoms with Crippen molar-refractivity contribution in [3.63, 3.8) is 0 Å². The Morgan fingerprint density at radius 3 is 2.14 bits per heavy atom. The summed E-state index contributed by atoms with van der Waals surface area (Å²) < 4.78 is 0. The lowest BCUT2D eigenvalue weighted by Gasteiger charge is -2.27. The molecule has 6 N–H and O–H groups in total. The number of rotatable bonds is 14. The Bertz CT molecular complexity index is 559. The second kappa shape index (κ2) is 14.2. The molecular weight excluding hydrogens is 396 g/mol. The minimum absolute atomic E-state index is 0.215. The van der Waals surface area contributed by atoms with E-state index in [4.69, 9.17) is 10.8 Å². The van der Waals surface area contributed by atoms with Crippen LogP contribution in [0.4, 0.5) is 0 Å². The van der Waals surface area contributed by atoms with Crippen molar-refractivity contribution in [3.8, 4) is 0 Å². The molecule has 9 nitrogen and oxygen atoms in total. The van der Waals surface area contributed by atoms with E-state index in [-0.39, 0.29) is 11.8 Å². The number of carbonyl (C=O) groups is 4. The predicted octanol–water partition coefficient (Wildman–Crippen LogP) is 0.329. The van der Waals surface area contributed by atoms with Crippen LogP contribution in [0.25, 0.3) is 0 Å². The maximum atomic E-state index is 12.8. The minimum atomic E-state index is -1.17. The van der Waals surface area contributed by atoms with Gasteiger partial charge in [0, 0.05) is 0 Å². The molecule has 0 fully saturated rings.